The van der Waals surface area contributed by atoms with Crippen LogP contribution in [0, 0.1) is 11.8 Å². The van der Waals surface area contributed by atoms with Gasteiger partial charge in [0.15, 0.2) is 0 Å². The van der Waals surface area contributed by atoms with E-state index in [-0.39, 0.29) is 11.8 Å². The minimum absolute atomic E-state index is 0.0259. The number of rotatable bonds is 8. The number of nitrogens with zero attached hydrogens (tertiary/aromatic N) is 4. The highest BCUT2D eigenvalue weighted by Crippen LogP contribution is 2.23. The molecule has 1 aromatic heterocycles. The van der Waals surface area contributed by atoms with Gasteiger partial charge in [0.2, 0.25) is 17.6 Å². The van der Waals surface area contributed by atoms with E-state index in [0.717, 1.165) is 47.4 Å². The van der Waals surface area contributed by atoms with Crippen molar-refractivity contribution in [3.8, 4) is 11.4 Å². The van der Waals surface area contributed by atoms with E-state index >= 15 is 0 Å². The van der Waals surface area contributed by atoms with Crippen LogP contribution in [0.5, 0.6) is 0 Å². The highest BCUT2D eigenvalue weighted by atomic mass is 79.9. The number of carbonyl (C=O) groups is 1. The number of piperidine rings is 2. The van der Waals surface area contributed by atoms with Crippen LogP contribution in [0.3, 0.4) is 0 Å². The van der Waals surface area contributed by atoms with Gasteiger partial charge >= 0.3 is 0 Å². The summed E-state index contributed by atoms with van der Waals surface area (Å²) < 4.78 is 6.48. The van der Waals surface area contributed by atoms with Crippen LogP contribution >= 0.6 is 15.9 Å². The van der Waals surface area contributed by atoms with E-state index in [4.69, 9.17) is 4.52 Å². The van der Waals surface area contributed by atoms with Gasteiger partial charge in [-0.2, -0.15) is 4.98 Å². The molecule has 0 aliphatic carbocycles. The number of hydrogen-bond acceptors (Lipinski definition) is 6. The third-order valence-electron chi connectivity index (χ3n) is 7.56. The lowest BCUT2D eigenvalue weighted by atomic mass is 9.97. The molecule has 1 amide bonds. The molecule has 5 rings (SSSR count). The predicted molar refractivity (Wildman–Crippen MR) is 147 cm³/mol. The molecule has 0 radical (unpaired) electrons. The Labute approximate surface area is 227 Å². The second-order valence-electron chi connectivity index (χ2n) is 10.6. The summed E-state index contributed by atoms with van der Waals surface area (Å²) in [5, 5.41) is 7.29. The molecule has 1 atom stereocenters. The highest BCUT2D eigenvalue weighted by molar-refractivity contribution is 9.10. The first-order valence-electron chi connectivity index (χ1n) is 13.4. The molecule has 196 valence electrons. The summed E-state index contributed by atoms with van der Waals surface area (Å²) in [6.07, 6.45) is 4.48. The molecule has 2 aliphatic heterocycles. The summed E-state index contributed by atoms with van der Waals surface area (Å²) in [5.74, 6) is 2.11. The predicted octanol–water partition coefficient (Wildman–Crippen LogP) is 5.26. The van der Waals surface area contributed by atoms with Crippen LogP contribution in [0.15, 0.2) is 57.5 Å². The van der Waals surface area contributed by atoms with Crippen LogP contribution in [0.25, 0.3) is 11.4 Å². The van der Waals surface area contributed by atoms with Crippen LogP contribution in [0.1, 0.15) is 49.6 Å². The third-order valence-corrected chi connectivity index (χ3v) is 8.05. The topological polar surface area (TPSA) is 74.5 Å². The molecule has 7 nitrogen and oxygen atoms in total. The zero-order valence-electron chi connectivity index (χ0n) is 21.5. The highest BCUT2D eigenvalue weighted by Gasteiger charge is 2.27. The van der Waals surface area contributed by atoms with Crippen molar-refractivity contribution in [2.75, 3.05) is 26.2 Å². The molecule has 1 N–H and O–H groups in total. The van der Waals surface area contributed by atoms with E-state index in [9.17, 15) is 4.79 Å². The summed E-state index contributed by atoms with van der Waals surface area (Å²) in [7, 11) is 0. The summed E-state index contributed by atoms with van der Waals surface area (Å²) in [6, 6.07) is 16.6. The first-order valence-corrected chi connectivity index (χ1v) is 14.2. The summed E-state index contributed by atoms with van der Waals surface area (Å²) in [4.78, 5) is 22.3. The molecule has 2 fully saturated rings. The van der Waals surface area contributed by atoms with E-state index in [0.29, 0.717) is 31.3 Å². The molecule has 3 heterocycles. The van der Waals surface area contributed by atoms with Crippen LogP contribution < -0.4 is 5.32 Å². The van der Waals surface area contributed by atoms with Crippen molar-refractivity contribution in [3.05, 3.63) is 70.0 Å². The number of benzene rings is 2. The summed E-state index contributed by atoms with van der Waals surface area (Å²) >= 11 is 3.48. The van der Waals surface area contributed by atoms with Crippen molar-refractivity contribution in [2.45, 2.75) is 52.2 Å². The smallest absolute Gasteiger partial charge is 0.241 e. The molecule has 1 unspecified atom stereocenters. The first-order chi connectivity index (χ1) is 18.0. The lowest BCUT2D eigenvalue weighted by Gasteiger charge is -2.31. The Morgan fingerprint density at radius 2 is 1.81 bits per heavy atom. The lowest BCUT2D eigenvalue weighted by molar-refractivity contribution is -0.127. The van der Waals surface area contributed by atoms with E-state index < -0.39 is 0 Å². The standard InChI is InChI=1S/C29H36BrN5O2/c1-21-11-14-34(15-12-21)18-23-9-7-22(8-10-23)17-31-29(36)25-5-3-13-35(19-25)20-27-32-28(33-37-27)24-4-2-6-26(30)16-24/h2,4,6-10,16,21,25H,3,5,11-15,17-20H2,1H3,(H,31,36). The van der Waals surface area contributed by atoms with Gasteiger partial charge in [-0.05, 0) is 74.5 Å². The minimum Gasteiger partial charge on any atom is -0.352 e. The van der Waals surface area contributed by atoms with Gasteiger partial charge in [0.05, 0.1) is 12.5 Å². The average molecular weight is 567 g/mol. The fraction of sp³-hybridized carbons (Fsp3) is 0.483. The van der Waals surface area contributed by atoms with Gasteiger partial charge in [0, 0.05) is 29.7 Å². The Morgan fingerprint density at radius 1 is 1.03 bits per heavy atom. The first kappa shape index (κ1) is 26.1. The molecule has 2 saturated heterocycles. The van der Waals surface area contributed by atoms with Gasteiger partial charge in [-0.1, -0.05) is 64.4 Å². The molecular formula is C29H36BrN5O2. The maximum Gasteiger partial charge on any atom is 0.241 e. The van der Waals surface area contributed by atoms with Gasteiger partial charge in [-0.15, -0.1) is 0 Å². The molecule has 0 saturated carbocycles. The summed E-state index contributed by atoms with van der Waals surface area (Å²) in [5.41, 5.74) is 3.40. The molecule has 2 aromatic carbocycles. The lowest BCUT2D eigenvalue weighted by Crippen LogP contribution is -2.42. The molecule has 3 aromatic rings. The van der Waals surface area contributed by atoms with E-state index in [1.165, 1.54) is 31.5 Å². The minimum atomic E-state index is -0.0259. The van der Waals surface area contributed by atoms with Crippen molar-refractivity contribution in [1.29, 1.82) is 0 Å². The SMILES string of the molecule is CC1CCN(Cc2ccc(CNC(=O)C3CCCN(Cc4nc(-c5cccc(Br)c5)no4)C3)cc2)CC1. The molecule has 8 heteroatoms. The van der Waals surface area contributed by atoms with Crippen molar-refractivity contribution in [3.63, 3.8) is 0 Å². The maximum absolute atomic E-state index is 12.9. The van der Waals surface area contributed by atoms with E-state index in [1.807, 2.05) is 24.3 Å². The molecule has 0 bridgehead atoms. The Balaban J connectivity index is 1.08. The average Bonchev–Trinajstić information content (AvgIpc) is 3.38. The quantitative estimate of drug-likeness (QED) is 0.401. The van der Waals surface area contributed by atoms with Gasteiger partial charge in [-0.25, -0.2) is 0 Å². The third kappa shape index (κ3) is 7.27. The van der Waals surface area contributed by atoms with Crippen LogP contribution in [-0.2, 0) is 24.4 Å². The van der Waals surface area contributed by atoms with Crippen LogP contribution in [0.4, 0.5) is 0 Å². The van der Waals surface area contributed by atoms with Gasteiger partial charge in [0.1, 0.15) is 0 Å². The summed E-state index contributed by atoms with van der Waals surface area (Å²) in [6.45, 7) is 8.50. The second kappa shape index (κ2) is 12.3. The van der Waals surface area contributed by atoms with Gasteiger partial charge in [0.25, 0.3) is 0 Å². The van der Waals surface area contributed by atoms with Crippen LogP contribution in [-0.4, -0.2) is 52.0 Å². The normalized spacial score (nSPS) is 19.7. The van der Waals surface area contributed by atoms with Crippen molar-refractivity contribution in [1.82, 2.24) is 25.3 Å². The fourth-order valence-corrected chi connectivity index (χ4v) is 5.64. The molecular weight excluding hydrogens is 530 g/mol. The maximum atomic E-state index is 12.9. The van der Waals surface area contributed by atoms with Gasteiger partial charge in [-0.3, -0.25) is 14.6 Å². The number of likely N-dealkylation sites (tertiary alicyclic amines) is 2. The zero-order valence-corrected chi connectivity index (χ0v) is 23.1. The Bertz CT molecular complexity index is 1170. The monoisotopic (exact) mass is 565 g/mol. The molecule has 0 spiro atoms. The Morgan fingerprint density at radius 3 is 2.59 bits per heavy atom. The number of nitrogens with one attached hydrogen (secondary N) is 1. The Kier molecular flexibility index (Phi) is 8.69. The van der Waals surface area contributed by atoms with Crippen molar-refractivity contribution < 1.29 is 9.32 Å². The van der Waals surface area contributed by atoms with Crippen molar-refractivity contribution in [2.24, 2.45) is 11.8 Å². The van der Waals surface area contributed by atoms with Gasteiger partial charge < -0.3 is 9.84 Å². The van der Waals surface area contributed by atoms with E-state index in [2.05, 4.69) is 72.4 Å². The number of aromatic nitrogens is 2. The number of carbonyl (C=O) groups excluding carboxylic acids is 1. The van der Waals surface area contributed by atoms with E-state index in [1.54, 1.807) is 0 Å². The number of halogens is 1. The number of amides is 1. The molecule has 2 aliphatic rings. The second-order valence-corrected chi connectivity index (χ2v) is 11.5. The number of hydrogen-bond donors (Lipinski definition) is 1. The van der Waals surface area contributed by atoms with Crippen molar-refractivity contribution >= 4 is 21.8 Å². The molecule has 37 heavy (non-hydrogen) atoms. The zero-order chi connectivity index (χ0) is 25.6. The Hall–Kier alpha value is -2.55. The van der Waals surface area contributed by atoms with Crippen LogP contribution in [0.2, 0.25) is 0 Å². The fourth-order valence-electron chi connectivity index (χ4n) is 5.24. The largest absolute Gasteiger partial charge is 0.352 e.